The summed E-state index contributed by atoms with van der Waals surface area (Å²) in [6.45, 7) is 11.9. The first-order chi connectivity index (χ1) is 8.77. The van der Waals surface area contributed by atoms with Gasteiger partial charge < -0.3 is 15.0 Å². The Morgan fingerprint density at radius 2 is 1.89 bits per heavy atom. The van der Waals surface area contributed by atoms with Crippen molar-refractivity contribution >= 4 is 18.4 Å². The lowest BCUT2D eigenvalue weighted by atomic mass is 9.76. The predicted molar refractivity (Wildman–Crippen MR) is 78.3 cm³/mol. The van der Waals surface area contributed by atoms with Crippen molar-refractivity contribution in [3.8, 4) is 0 Å². The fourth-order valence-electron chi connectivity index (χ4n) is 2.04. The first-order valence-electron chi connectivity index (χ1n) is 6.47. The molecule has 0 saturated carbocycles. The van der Waals surface area contributed by atoms with Crippen LogP contribution < -0.4 is 11.2 Å². The van der Waals surface area contributed by atoms with E-state index in [-0.39, 0.29) is 11.2 Å². The first kappa shape index (κ1) is 14.1. The van der Waals surface area contributed by atoms with Crippen LogP contribution in [0, 0.1) is 0 Å². The lowest BCUT2D eigenvalue weighted by molar-refractivity contribution is 0.00578. The van der Waals surface area contributed by atoms with E-state index in [0.29, 0.717) is 12.2 Å². The Kier molecular flexibility index (Phi) is 3.45. The summed E-state index contributed by atoms with van der Waals surface area (Å²) in [4.78, 5) is 4.15. The second-order valence-corrected chi connectivity index (χ2v) is 5.89. The van der Waals surface area contributed by atoms with Crippen LogP contribution in [0.2, 0.25) is 0 Å². The van der Waals surface area contributed by atoms with Crippen molar-refractivity contribution in [2.45, 2.75) is 45.3 Å². The molecule has 4 nitrogen and oxygen atoms in total. The summed E-state index contributed by atoms with van der Waals surface area (Å²) in [5.74, 6) is 0.497. The topological polar surface area (TPSA) is 57.4 Å². The molecule has 19 heavy (non-hydrogen) atoms. The smallest absolute Gasteiger partial charge is 0.399 e. The van der Waals surface area contributed by atoms with Crippen molar-refractivity contribution in [3.05, 3.63) is 30.5 Å². The second-order valence-electron chi connectivity index (χ2n) is 5.89. The summed E-state index contributed by atoms with van der Waals surface area (Å²) >= 11 is 0. The van der Waals surface area contributed by atoms with Gasteiger partial charge >= 0.3 is 7.12 Å². The van der Waals surface area contributed by atoms with Crippen molar-refractivity contribution < 1.29 is 9.31 Å². The number of allylic oxidation sites excluding steroid dienone is 1. The summed E-state index contributed by atoms with van der Waals surface area (Å²) in [6.07, 6.45) is 4.28. The van der Waals surface area contributed by atoms with Crippen LogP contribution in [0.5, 0.6) is 0 Å². The van der Waals surface area contributed by atoms with Crippen LogP contribution >= 0.6 is 0 Å². The van der Waals surface area contributed by atoms with Gasteiger partial charge in [-0.2, -0.15) is 0 Å². The molecule has 0 bridgehead atoms. The molecule has 1 aromatic rings. The molecule has 1 aromatic heterocycles. The van der Waals surface area contributed by atoms with E-state index in [0.717, 1.165) is 11.0 Å². The summed E-state index contributed by atoms with van der Waals surface area (Å²) in [5.41, 5.74) is 6.99. The Bertz CT molecular complexity index is 484. The molecule has 102 valence electrons. The number of rotatable bonds is 3. The number of pyridine rings is 1. The van der Waals surface area contributed by atoms with Gasteiger partial charge in [-0.05, 0) is 45.7 Å². The van der Waals surface area contributed by atoms with E-state index in [4.69, 9.17) is 15.0 Å². The van der Waals surface area contributed by atoms with Crippen LogP contribution in [0.25, 0.3) is 0 Å². The monoisotopic (exact) mass is 260 g/mol. The van der Waals surface area contributed by atoms with E-state index in [1.165, 1.54) is 0 Å². The summed E-state index contributed by atoms with van der Waals surface area (Å²) in [5, 5.41) is 0. The Balaban J connectivity index is 2.36. The molecule has 0 aromatic carbocycles. The zero-order valence-corrected chi connectivity index (χ0v) is 12.1. The van der Waals surface area contributed by atoms with Gasteiger partial charge in [-0.3, -0.25) is 0 Å². The average Bonchev–Trinajstić information content (AvgIpc) is 2.48. The molecule has 5 heteroatoms. The van der Waals surface area contributed by atoms with Gasteiger partial charge in [0.2, 0.25) is 0 Å². The highest BCUT2D eigenvalue weighted by Crippen LogP contribution is 2.36. The van der Waals surface area contributed by atoms with Gasteiger partial charge in [-0.15, -0.1) is 6.58 Å². The number of nitrogen functional groups attached to an aromatic ring is 1. The van der Waals surface area contributed by atoms with E-state index < -0.39 is 7.12 Å². The van der Waals surface area contributed by atoms with Crippen molar-refractivity contribution in [2.24, 2.45) is 0 Å². The molecule has 2 rings (SSSR count). The van der Waals surface area contributed by atoms with Crippen molar-refractivity contribution in [2.75, 3.05) is 5.73 Å². The summed E-state index contributed by atoms with van der Waals surface area (Å²) in [7, 11) is -0.409. The van der Waals surface area contributed by atoms with Gasteiger partial charge in [0.25, 0.3) is 0 Å². The molecule has 1 aliphatic heterocycles. The minimum atomic E-state index is -0.409. The largest absolute Gasteiger partial charge is 0.496 e. The third-order valence-corrected chi connectivity index (χ3v) is 3.92. The molecule has 2 heterocycles. The van der Waals surface area contributed by atoms with Crippen molar-refractivity contribution in [1.82, 2.24) is 4.98 Å². The van der Waals surface area contributed by atoms with Gasteiger partial charge in [-0.1, -0.05) is 6.08 Å². The van der Waals surface area contributed by atoms with E-state index in [2.05, 4.69) is 11.6 Å². The Morgan fingerprint density at radius 3 is 2.42 bits per heavy atom. The highest BCUT2D eigenvalue weighted by atomic mass is 16.7. The predicted octanol–water partition coefficient (Wildman–Crippen LogP) is 1.69. The highest BCUT2D eigenvalue weighted by molar-refractivity contribution is 6.62. The van der Waals surface area contributed by atoms with E-state index in [9.17, 15) is 0 Å². The zero-order valence-electron chi connectivity index (χ0n) is 12.1. The van der Waals surface area contributed by atoms with Gasteiger partial charge in [0.1, 0.15) is 5.82 Å². The molecule has 0 amide bonds. The quantitative estimate of drug-likeness (QED) is 0.663. The van der Waals surface area contributed by atoms with Gasteiger partial charge in [-0.25, -0.2) is 4.98 Å². The molecule has 0 aliphatic carbocycles. The number of nitrogens with zero attached hydrogens (tertiary/aromatic N) is 1. The molecule has 1 aliphatic rings. The maximum Gasteiger partial charge on any atom is 0.496 e. The van der Waals surface area contributed by atoms with E-state index in [1.54, 1.807) is 6.20 Å². The van der Waals surface area contributed by atoms with Gasteiger partial charge in [0, 0.05) is 11.7 Å². The maximum atomic E-state index is 6.04. The lowest BCUT2D eigenvalue weighted by Gasteiger charge is -2.32. The van der Waals surface area contributed by atoms with Crippen LogP contribution in [-0.4, -0.2) is 23.3 Å². The van der Waals surface area contributed by atoms with Crippen LogP contribution in [-0.2, 0) is 15.7 Å². The van der Waals surface area contributed by atoms with Crippen LogP contribution in [0.4, 0.5) is 5.82 Å². The fourth-order valence-corrected chi connectivity index (χ4v) is 2.04. The maximum absolute atomic E-state index is 6.04. The number of anilines is 1. The third-order valence-electron chi connectivity index (χ3n) is 3.92. The van der Waals surface area contributed by atoms with E-state index >= 15 is 0 Å². The molecule has 1 fully saturated rings. The number of hydrogen-bond acceptors (Lipinski definition) is 4. The van der Waals surface area contributed by atoms with Crippen LogP contribution in [0.3, 0.4) is 0 Å². The lowest BCUT2D eigenvalue weighted by Crippen LogP contribution is -2.41. The molecule has 0 atom stereocenters. The number of hydrogen-bond donors (Lipinski definition) is 1. The SMILES string of the molecule is C=CCc1cc(N)ncc1B1OC(C)(C)C(C)(C)O1. The van der Waals surface area contributed by atoms with Crippen molar-refractivity contribution in [1.29, 1.82) is 0 Å². The Morgan fingerprint density at radius 1 is 1.32 bits per heavy atom. The molecule has 0 radical (unpaired) electrons. The standard InChI is InChI=1S/C14H21BN2O2/c1-6-7-10-8-12(16)17-9-11(10)15-18-13(2,3)14(4,5)19-15/h6,8-9H,1,7H2,2-5H3,(H2,16,17). The van der Waals surface area contributed by atoms with Gasteiger partial charge in [0.05, 0.1) is 11.2 Å². The Labute approximate surface area is 115 Å². The number of aromatic nitrogens is 1. The summed E-state index contributed by atoms with van der Waals surface area (Å²) < 4.78 is 12.1. The highest BCUT2D eigenvalue weighted by Gasteiger charge is 2.52. The van der Waals surface area contributed by atoms with Crippen molar-refractivity contribution in [3.63, 3.8) is 0 Å². The van der Waals surface area contributed by atoms with E-state index in [1.807, 2.05) is 39.8 Å². The summed E-state index contributed by atoms with van der Waals surface area (Å²) in [6, 6.07) is 1.85. The minimum Gasteiger partial charge on any atom is -0.399 e. The average molecular weight is 260 g/mol. The third kappa shape index (κ3) is 2.53. The fraction of sp³-hybridized carbons (Fsp3) is 0.500. The molecule has 0 spiro atoms. The Hall–Kier alpha value is -1.33. The van der Waals surface area contributed by atoms with Crippen LogP contribution in [0.15, 0.2) is 24.9 Å². The van der Waals surface area contributed by atoms with Gasteiger partial charge in [0.15, 0.2) is 0 Å². The molecule has 1 saturated heterocycles. The molecule has 0 unspecified atom stereocenters. The molecular formula is C14H21BN2O2. The van der Waals surface area contributed by atoms with Crippen LogP contribution in [0.1, 0.15) is 33.3 Å². The molecular weight excluding hydrogens is 239 g/mol. The number of nitrogens with two attached hydrogens (primary N) is 1. The second kappa shape index (κ2) is 4.65. The first-order valence-corrected chi connectivity index (χ1v) is 6.47. The normalized spacial score (nSPS) is 20.5. The zero-order chi connectivity index (χ0) is 14.3. The minimum absolute atomic E-state index is 0.357. The molecule has 2 N–H and O–H groups in total.